The summed E-state index contributed by atoms with van der Waals surface area (Å²) in [4.78, 5) is 0. The van der Waals surface area contributed by atoms with E-state index in [4.69, 9.17) is 8.42 Å². The van der Waals surface area contributed by atoms with Gasteiger partial charge in [0.2, 0.25) is 0 Å². The number of rotatable bonds is 2. The second-order valence-corrected chi connectivity index (χ2v) is 5.11. The van der Waals surface area contributed by atoms with Gasteiger partial charge in [0.05, 0.1) is 0 Å². The fraction of sp³-hybridized carbons (Fsp3) is 0.500. The van der Waals surface area contributed by atoms with Gasteiger partial charge in [0.1, 0.15) is 0 Å². The lowest BCUT2D eigenvalue weighted by molar-refractivity contribution is 0.501. The summed E-state index contributed by atoms with van der Waals surface area (Å²) in [7, 11) is -5.67. The smallest absolute Gasteiger partial charge is 0.412 e. The summed E-state index contributed by atoms with van der Waals surface area (Å²) in [5.41, 5.74) is 2.89. The Bertz CT molecular complexity index is 411. The Morgan fingerprint density at radius 3 is 1.44 bits per heavy atom. The maximum Gasteiger partial charge on any atom is 0.476 e. The lowest BCUT2D eigenvalue weighted by Gasteiger charge is -2.09. The Kier molecular flexibility index (Phi) is 8.76. The molecule has 0 amide bonds. The molecule has 0 radical (unpaired) electrons. The van der Waals surface area contributed by atoms with Gasteiger partial charge in [0.25, 0.3) is 0 Å². The average molecular weight is 282 g/mol. The van der Waals surface area contributed by atoms with Crippen LogP contribution < -0.4 is 0 Å². The van der Waals surface area contributed by atoms with Crippen molar-refractivity contribution in [2.45, 2.75) is 39.5 Å². The SMILES string of the molecule is CC(C)c1cccc(C(C)C)c1.O.O=S(=O)(F)F. The Morgan fingerprint density at radius 1 is 0.944 bits per heavy atom. The normalized spacial score (nSPS) is 10.7. The van der Waals surface area contributed by atoms with Crippen LogP contribution >= 0.6 is 0 Å². The Labute approximate surface area is 108 Å². The molecule has 18 heavy (non-hydrogen) atoms. The molecule has 0 atom stereocenters. The molecule has 6 heteroatoms. The van der Waals surface area contributed by atoms with E-state index in [2.05, 4.69) is 52.0 Å². The van der Waals surface area contributed by atoms with Crippen LogP contribution in [0, 0.1) is 0 Å². The number of hydrogen-bond donors (Lipinski definition) is 0. The Morgan fingerprint density at radius 2 is 1.22 bits per heavy atom. The number of hydrogen-bond acceptors (Lipinski definition) is 2. The summed E-state index contributed by atoms with van der Waals surface area (Å²) in [6, 6.07) is 8.88. The summed E-state index contributed by atoms with van der Waals surface area (Å²) >= 11 is 0. The Balaban J connectivity index is 0. The van der Waals surface area contributed by atoms with Gasteiger partial charge >= 0.3 is 10.6 Å². The van der Waals surface area contributed by atoms with Gasteiger partial charge in [-0.3, -0.25) is 0 Å². The Hall–Kier alpha value is -1.01. The van der Waals surface area contributed by atoms with Gasteiger partial charge in [-0.15, -0.1) is 0 Å². The topological polar surface area (TPSA) is 65.6 Å². The quantitative estimate of drug-likeness (QED) is 0.781. The van der Waals surface area contributed by atoms with Gasteiger partial charge in [-0.05, 0) is 23.0 Å². The van der Waals surface area contributed by atoms with E-state index in [0.717, 1.165) is 0 Å². The van der Waals surface area contributed by atoms with Crippen LogP contribution in [0.4, 0.5) is 7.77 Å². The van der Waals surface area contributed by atoms with E-state index in [1.807, 2.05) is 0 Å². The molecule has 0 aromatic heterocycles. The van der Waals surface area contributed by atoms with Crippen molar-refractivity contribution in [3.05, 3.63) is 35.4 Å². The van der Waals surface area contributed by atoms with Crippen LogP contribution in [0.25, 0.3) is 0 Å². The summed E-state index contributed by atoms with van der Waals surface area (Å²) in [6.07, 6.45) is 0. The molecule has 0 saturated carbocycles. The van der Waals surface area contributed by atoms with Gasteiger partial charge < -0.3 is 5.48 Å². The van der Waals surface area contributed by atoms with E-state index >= 15 is 0 Å². The molecule has 1 rings (SSSR count). The van der Waals surface area contributed by atoms with Crippen LogP contribution in [-0.4, -0.2) is 13.9 Å². The highest BCUT2D eigenvalue weighted by molar-refractivity contribution is 7.81. The highest BCUT2D eigenvalue weighted by atomic mass is 32.3. The lowest BCUT2D eigenvalue weighted by Crippen LogP contribution is -1.91. The molecule has 0 saturated heterocycles. The first-order chi connectivity index (χ1) is 7.61. The monoisotopic (exact) mass is 282 g/mol. The van der Waals surface area contributed by atoms with Gasteiger partial charge in [-0.2, -0.15) is 8.42 Å². The third kappa shape index (κ3) is 10.2. The van der Waals surface area contributed by atoms with E-state index in [9.17, 15) is 7.77 Å². The molecule has 0 heterocycles. The first-order valence-corrected chi connectivity index (χ1v) is 6.63. The maximum atomic E-state index is 9.99. The molecule has 106 valence electrons. The van der Waals surface area contributed by atoms with E-state index in [-0.39, 0.29) is 5.48 Å². The molecule has 2 N–H and O–H groups in total. The summed E-state index contributed by atoms with van der Waals surface area (Å²) in [5.74, 6) is 1.28. The second-order valence-electron chi connectivity index (χ2n) is 4.36. The minimum absolute atomic E-state index is 0. The van der Waals surface area contributed by atoms with Crippen molar-refractivity contribution in [3.8, 4) is 0 Å². The maximum absolute atomic E-state index is 9.99. The first-order valence-electron chi connectivity index (χ1n) is 5.35. The minimum Gasteiger partial charge on any atom is -0.412 e. The zero-order chi connectivity index (χ0) is 13.6. The fourth-order valence-corrected chi connectivity index (χ4v) is 1.28. The van der Waals surface area contributed by atoms with Gasteiger partial charge in [-0.25, -0.2) is 0 Å². The van der Waals surface area contributed by atoms with Gasteiger partial charge in [0, 0.05) is 0 Å². The summed E-state index contributed by atoms with van der Waals surface area (Å²) in [6.45, 7) is 8.94. The highest BCUT2D eigenvalue weighted by Crippen LogP contribution is 2.20. The summed E-state index contributed by atoms with van der Waals surface area (Å²) in [5, 5.41) is 0. The minimum atomic E-state index is -5.67. The van der Waals surface area contributed by atoms with E-state index in [1.165, 1.54) is 11.1 Å². The third-order valence-corrected chi connectivity index (χ3v) is 2.24. The van der Waals surface area contributed by atoms with Crippen LogP contribution in [0.15, 0.2) is 24.3 Å². The molecule has 1 aromatic rings. The molecule has 0 spiro atoms. The van der Waals surface area contributed by atoms with Crippen molar-refractivity contribution in [1.82, 2.24) is 0 Å². The molecule has 0 fully saturated rings. The van der Waals surface area contributed by atoms with Crippen molar-refractivity contribution >= 4 is 10.6 Å². The molecule has 1 aromatic carbocycles. The van der Waals surface area contributed by atoms with Crippen molar-refractivity contribution in [1.29, 1.82) is 0 Å². The largest absolute Gasteiger partial charge is 0.476 e. The molecule has 0 aliphatic heterocycles. The zero-order valence-electron chi connectivity index (χ0n) is 10.9. The lowest BCUT2D eigenvalue weighted by atomic mass is 9.96. The van der Waals surface area contributed by atoms with Crippen LogP contribution in [0.5, 0.6) is 0 Å². The molecule has 0 bridgehead atoms. The third-order valence-electron chi connectivity index (χ3n) is 2.24. The predicted octanol–water partition coefficient (Wildman–Crippen LogP) is 3.28. The summed E-state index contributed by atoms with van der Waals surface area (Å²) < 4.78 is 36.6. The van der Waals surface area contributed by atoms with Gasteiger partial charge in [-0.1, -0.05) is 59.7 Å². The fourth-order valence-electron chi connectivity index (χ4n) is 1.28. The van der Waals surface area contributed by atoms with Crippen LogP contribution in [0.2, 0.25) is 0 Å². The number of halogens is 2. The second kappa shape index (κ2) is 8.16. The van der Waals surface area contributed by atoms with Crippen molar-refractivity contribution in [2.75, 3.05) is 0 Å². The van der Waals surface area contributed by atoms with Crippen molar-refractivity contribution in [3.63, 3.8) is 0 Å². The highest BCUT2D eigenvalue weighted by Gasteiger charge is 2.02. The molecular weight excluding hydrogens is 262 g/mol. The predicted molar refractivity (Wildman–Crippen MR) is 69.4 cm³/mol. The van der Waals surface area contributed by atoms with Crippen molar-refractivity contribution in [2.24, 2.45) is 0 Å². The van der Waals surface area contributed by atoms with Crippen LogP contribution in [-0.2, 0) is 10.6 Å². The standard InChI is InChI=1S/C12H18.F2O2S.H2O/c1-9(2)11-6-5-7-12(8-11)10(3)4;1-5(2,3)4;/h5-10H,1-4H3;;1H2. The van der Waals surface area contributed by atoms with Crippen LogP contribution in [0.1, 0.15) is 50.7 Å². The molecule has 0 unspecified atom stereocenters. The van der Waals surface area contributed by atoms with Crippen LogP contribution in [0.3, 0.4) is 0 Å². The van der Waals surface area contributed by atoms with E-state index in [0.29, 0.717) is 11.8 Å². The zero-order valence-corrected chi connectivity index (χ0v) is 11.8. The van der Waals surface area contributed by atoms with Crippen molar-refractivity contribution < 1.29 is 21.7 Å². The molecule has 0 aliphatic rings. The first kappa shape index (κ1) is 19.3. The molecule has 0 aliphatic carbocycles. The van der Waals surface area contributed by atoms with Gasteiger partial charge in [0.15, 0.2) is 0 Å². The average Bonchev–Trinajstić information content (AvgIpc) is 2.15. The van der Waals surface area contributed by atoms with E-state index in [1.54, 1.807) is 0 Å². The molecular formula is C12H20F2O3S. The number of benzene rings is 1. The van der Waals surface area contributed by atoms with E-state index < -0.39 is 10.6 Å². The molecule has 3 nitrogen and oxygen atoms in total.